The minimum Gasteiger partial charge on any atom is -0.465 e. The van der Waals surface area contributed by atoms with Gasteiger partial charge in [-0.3, -0.25) is 9.59 Å². The lowest BCUT2D eigenvalue weighted by molar-refractivity contribution is -0.148. The van der Waals surface area contributed by atoms with E-state index in [0.717, 1.165) is 17.5 Å². The molecule has 7 heteroatoms. The van der Waals surface area contributed by atoms with Crippen LogP contribution in [0.2, 0.25) is 0 Å². The quantitative estimate of drug-likeness (QED) is 0.309. The Morgan fingerprint density at radius 1 is 0.844 bits per heavy atom. The van der Waals surface area contributed by atoms with Gasteiger partial charge in [-0.1, -0.05) is 73.5 Å². The Hall–Kier alpha value is -3.35. The first-order valence-corrected chi connectivity index (χ1v) is 11.1. The maximum atomic E-state index is 13.3. The van der Waals surface area contributed by atoms with E-state index >= 15 is 0 Å². The molecule has 2 rings (SSSR count). The molecule has 2 aromatic carbocycles. The van der Waals surface area contributed by atoms with Gasteiger partial charge in [-0.25, -0.2) is 4.79 Å². The SMILES string of the molecule is CCNC(=O)ONC(=O)CCCCCC(C(=O)OCC)(c1ccccc1)c1ccccc1. The molecule has 0 radical (unpaired) electrons. The summed E-state index contributed by atoms with van der Waals surface area (Å²) >= 11 is 0. The minimum atomic E-state index is -0.915. The van der Waals surface area contributed by atoms with E-state index in [9.17, 15) is 14.4 Å². The molecule has 0 atom stereocenters. The molecule has 172 valence electrons. The Balaban J connectivity index is 2.06. The van der Waals surface area contributed by atoms with Crippen LogP contribution in [0.4, 0.5) is 4.79 Å². The van der Waals surface area contributed by atoms with Gasteiger partial charge in [0.25, 0.3) is 5.91 Å². The van der Waals surface area contributed by atoms with E-state index in [2.05, 4.69) is 15.6 Å². The second-order valence-electron chi connectivity index (χ2n) is 7.36. The first-order chi connectivity index (χ1) is 15.5. The van der Waals surface area contributed by atoms with Crippen LogP contribution in [0, 0.1) is 0 Å². The van der Waals surface area contributed by atoms with Gasteiger partial charge < -0.3 is 14.9 Å². The summed E-state index contributed by atoms with van der Waals surface area (Å²) in [6.07, 6.45) is 2.14. The van der Waals surface area contributed by atoms with Gasteiger partial charge in [0, 0.05) is 13.0 Å². The number of unbranched alkanes of at least 4 members (excludes halogenated alkanes) is 2. The zero-order chi connectivity index (χ0) is 23.2. The van der Waals surface area contributed by atoms with Gasteiger partial charge in [-0.2, -0.15) is 5.48 Å². The topological polar surface area (TPSA) is 93.7 Å². The van der Waals surface area contributed by atoms with Gasteiger partial charge in [0.1, 0.15) is 5.41 Å². The van der Waals surface area contributed by atoms with E-state index in [4.69, 9.17) is 4.74 Å². The molecule has 0 saturated heterocycles. The van der Waals surface area contributed by atoms with Crippen molar-refractivity contribution in [2.45, 2.75) is 51.4 Å². The molecule has 0 fully saturated rings. The van der Waals surface area contributed by atoms with Crippen molar-refractivity contribution in [2.24, 2.45) is 0 Å². The molecule has 2 N–H and O–H groups in total. The summed E-state index contributed by atoms with van der Waals surface area (Å²) in [5.41, 5.74) is 2.99. The zero-order valence-electron chi connectivity index (χ0n) is 18.8. The number of carbonyl (C=O) groups excluding carboxylic acids is 3. The van der Waals surface area contributed by atoms with Crippen LogP contribution in [-0.2, 0) is 24.6 Å². The number of nitrogens with one attached hydrogen (secondary N) is 2. The summed E-state index contributed by atoms with van der Waals surface area (Å²) < 4.78 is 5.53. The number of rotatable bonds is 11. The molecule has 2 aromatic rings. The molecular formula is C25H32N2O5. The van der Waals surface area contributed by atoms with Crippen LogP contribution in [0.15, 0.2) is 60.7 Å². The summed E-state index contributed by atoms with van der Waals surface area (Å²) in [5.74, 6) is -0.635. The number of amides is 2. The van der Waals surface area contributed by atoms with Crippen molar-refractivity contribution in [3.8, 4) is 0 Å². The Bertz CT molecular complexity index is 816. The summed E-state index contributed by atoms with van der Waals surface area (Å²) in [5, 5.41) is 2.43. The molecular weight excluding hydrogens is 408 g/mol. The average molecular weight is 441 g/mol. The minimum absolute atomic E-state index is 0.225. The van der Waals surface area contributed by atoms with Crippen molar-refractivity contribution in [2.75, 3.05) is 13.2 Å². The fraction of sp³-hybridized carbons (Fsp3) is 0.400. The van der Waals surface area contributed by atoms with Gasteiger partial charge in [-0.05, 0) is 37.8 Å². The number of ether oxygens (including phenoxy) is 1. The van der Waals surface area contributed by atoms with Crippen molar-refractivity contribution in [1.29, 1.82) is 0 Å². The summed E-state index contributed by atoms with van der Waals surface area (Å²) in [6.45, 7) is 4.27. The number of carbonyl (C=O) groups is 3. The Morgan fingerprint density at radius 2 is 1.44 bits per heavy atom. The van der Waals surface area contributed by atoms with E-state index in [0.29, 0.717) is 32.4 Å². The third-order valence-corrected chi connectivity index (χ3v) is 5.19. The lowest BCUT2D eigenvalue weighted by Crippen LogP contribution is -2.39. The Labute approximate surface area is 189 Å². The standard InChI is InChI=1S/C25H32N2O5/c1-3-26-24(30)32-27-22(28)18-12-7-13-19-25(23(29)31-4-2,20-14-8-5-9-15-20)21-16-10-6-11-17-21/h5-6,8-11,14-17H,3-4,7,12-13,18-19H2,1-2H3,(H,26,30)(H,27,28). The number of hydrogen-bond acceptors (Lipinski definition) is 5. The average Bonchev–Trinajstić information content (AvgIpc) is 2.81. The van der Waals surface area contributed by atoms with E-state index < -0.39 is 11.5 Å². The van der Waals surface area contributed by atoms with Crippen LogP contribution in [0.25, 0.3) is 0 Å². The van der Waals surface area contributed by atoms with Crippen molar-refractivity contribution >= 4 is 18.0 Å². The Kier molecular flexibility index (Phi) is 10.2. The fourth-order valence-corrected chi connectivity index (χ4v) is 3.68. The summed E-state index contributed by atoms with van der Waals surface area (Å²) in [7, 11) is 0. The molecule has 0 aliphatic heterocycles. The first-order valence-electron chi connectivity index (χ1n) is 11.1. The van der Waals surface area contributed by atoms with Crippen LogP contribution >= 0.6 is 0 Å². The van der Waals surface area contributed by atoms with E-state index in [-0.39, 0.29) is 18.3 Å². The highest BCUT2D eigenvalue weighted by atomic mass is 16.7. The molecule has 7 nitrogen and oxygen atoms in total. The summed E-state index contributed by atoms with van der Waals surface area (Å²) in [6, 6.07) is 19.4. The highest BCUT2D eigenvalue weighted by molar-refractivity contribution is 5.87. The van der Waals surface area contributed by atoms with E-state index in [1.165, 1.54) is 0 Å². The third kappa shape index (κ3) is 6.83. The van der Waals surface area contributed by atoms with Crippen molar-refractivity contribution in [3.05, 3.63) is 71.8 Å². The zero-order valence-corrected chi connectivity index (χ0v) is 18.8. The number of hydrogen-bond donors (Lipinski definition) is 2. The molecule has 0 heterocycles. The van der Waals surface area contributed by atoms with E-state index in [1.54, 1.807) is 13.8 Å². The first kappa shape index (κ1) is 24.9. The normalized spacial score (nSPS) is 10.8. The summed E-state index contributed by atoms with van der Waals surface area (Å²) in [4.78, 5) is 41.0. The van der Waals surface area contributed by atoms with Crippen molar-refractivity contribution in [1.82, 2.24) is 10.8 Å². The molecule has 0 aromatic heterocycles. The molecule has 0 aliphatic rings. The van der Waals surface area contributed by atoms with Crippen LogP contribution in [0.5, 0.6) is 0 Å². The molecule has 0 unspecified atom stereocenters. The lowest BCUT2D eigenvalue weighted by atomic mass is 9.71. The highest BCUT2D eigenvalue weighted by Crippen LogP contribution is 2.39. The third-order valence-electron chi connectivity index (χ3n) is 5.19. The Morgan fingerprint density at radius 3 is 1.97 bits per heavy atom. The van der Waals surface area contributed by atoms with Crippen molar-refractivity contribution < 1.29 is 24.0 Å². The van der Waals surface area contributed by atoms with Crippen LogP contribution in [0.1, 0.15) is 57.1 Å². The maximum absolute atomic E-state index is 13.3. The largest absolute Gasteiger partial charge is 0.465 e. The molecule has 0 spiro atoms. The second-order valence-corrected chi connectivity index (χ2v) is 7.36. The van der Waals surface area contributed by atoms with Crippen LogP contribution < -0.4 is 10.8 Å². The number of hydroxylamine groups is 1. The predicted octanol–water partition coefficient (Wildman–Crippen LogP) is 4.26. The lowest BCUT2D eigenvalue weighted by Gasteiger charge is -2.33. The van der Waals surface area contributed by atoms with Gasteiger partial charge in [0.15, 0.2) is 0 Å². The maximum Gasteiger partial charge on any atom is 0.431 e. The molecule has 2 amide bonds. The number of esters is 1. The molecule has 0 saturated carbocycles. The van der Waals surface area contributed by atoms with Gasteiger partial charge in [-0.15, -0.1) is 0 Å². The molecule has 0 aliphatic carbocycles. The molecule has 32 heavy (non-hydrogen) atoms. The molecule has 0 bridgehead atoms. The highest BCUT2D eigenvalue weighted by Gasteiger charge is 2.42. The van der Waals surface area contributed by atoms with Crippen LogP contribution in [-0.4, -0.2) is 31.1 Å². The van der Waals surface area contributed by atoms with Crippen molar-refractivity contribution in [3.63, 3.8) is 0 Å². The van der Waals surface area contributed by atoms with Gasteiger partial charge in [0.05, 0.1) is 6.61 Å². The smallest absolute Gasteiger partial charge is 0.431 e. The van der Waals surface area contributed by atoms with Gasteiger partial charge >= 0.3 is 12.1 Å². The predicted molar refractivity (Wildman–Crippen MR) is 122 cm³/mol. The van der Waals surface area contributed by atoms with Crippen LogP contribution in [0.3, 0.4) is 0 Å². The number of benzene rings is 2. The second kappa shape index (κ2) is 13.1. The fourth-order valence-electron chi connectivity index (χ4n) is 3.68. The van der Waals surface area contributed by atoms with Gasteiger partial charge in [0.2, 0.25) is 0 Å². The van der Waals surface area contributed by atoms with E-state index in [1.807, 2.05) is 60.7 Å². The monoisotopic (exact) mass is 440 g/mol.